The molecule has 2 heterocycles. The Morgan fingerprint density at radius 2 is 1.76 bits per heavy atom. The Labute approximate surface area is 227 Å². The lowest BCUT2D eigenvalue weighted by atomic mass is 9.81. The van der Waals surface area contributed by atoms with E-state index in [9.17, 15) is 9.59 Å². The Balaban J connectivity index is 1.30. The molecule has 0 saturated heterocycles. The molecular weight excluding hydrogens is 510 g/mol. The number of halogens is 1. The van der Waals surface area contributed by atoms with Crippen molar-refractivity contribution in [3.8, 4) is 11.5 Å². The van der Waals surface area contributed by atoms with Gasteiger partial charge in [0, 0.05) is 58.7 Å². The Bertz CT molecular complexity index is 1270. The topological polar surface area (TPSA) is 83.7 Å². The summed E-state index contributed by atoms with van der Waals surface area (Å²) in [4.78, 5) is 31.9. The molecule has 1 aliphatic heterocycles. The minimum absolute atomic E-state index is 0.117. The predicted molar refractivity (Wildman–Crippen MR) is 147 cm³/mol. The summed E-state index contributed by atoms with van der Waals surface area (Å²) in [6.45, 7) is 5.80. The first-order valence-corrected chi connectivity index (χ1v) is 14.7. The summed E-state index contributed by atoms with van der Waals surface area (Å²) < 4.78 is 12.8. The van der Waals surface area contributed by atoms with Gasteiger partial charge in [0.15, 0.2) is 11.5 Å². The summed E-state index contributed by atoms with van der Waals surface area (Å²) >= 11 is 8.10. The highest BCUT2D eigenvalue weighted by Crippen LogP contribution is 2.52. The number of H-pyrrole nitrogens is 1. The van der Waals surface area contributed by atoms with Crippen LogP contribution in [0.15, 0.2) is 21.8 Å². The van der Waals surface area contributed by atoms with Crippen LogP contribution in [0.3, 0.4) is 0 Å². The second kappa shape index (κ2) is 10.2. The molecule has 3 aliphatic rings. The number of aromatic nitrogens is 1. The van der Waals surface area contributed by atoms with E-state index in [0.29, 0.717) is 39.3 Å². The normalized spacial score (nSPS) is 24.9. The van der Waals surface area contributed by atoms with Crippen LogP contribution in [-0.4, -0.2) is 47.0 Å². The van der Waals surface area contributed by atoms with Crippen molar-refractivity contribution < 1.29 is 14.3 Å². The lowest BCUT2D eigenvalue weighted by molar-refractivity contribution is -0.123. The fourth-order valence-corrected chi connectivity index (χ4v) is 6.77. The van der Waals surface area contributed by atoms with Crippen molar-refractivity contribution in [3.63, 3.8) is 0 Å². The molecule has 200 valence electrons. The monoisotopic (exact) mass is 545 g/mol. The zero-order chi connectivity index (χ0) is 26.5. The maximum absolute atomic E-state index is 13.2. The van der Waals surface area contributed by atoms with Gasteiger partial charge in [0.05, 0.1) is 5.02 Å². The maximum atomic E-state index is 13.2. The number of thioether (sulfide) groups is 1. The highest BCUT2D eigenvalue weighted by atomic mass is 35.5. The number of carbonyl (C=O) groups excluding carboxylic acids is 1. The predicted octanol–water partition coefficient (Wildman–Crippen LogP) is 5.44. The highest BCUT2D eigenvalue weighted by Gasteiger charge is 2.48. The third kappa shape index (κ3) is 5.12. The average molecular weight is 546 g/mol. The first kappa shape index (κ1) is 26.4. The van der Waals surface area contributed by atoms with Crippen LogP contribution in [0.4, 0.5) is 0 Å². The minimum atomic E-state index is -0.808. The molecule has 7 nitrogen and oxygen atoms in total. The Morgan fingerprint density at radius 1 is 1.14 bits per heavy atom. The first-order valence-electron chi connectivity index (χ1n) is 13.1. The van der Waals surface area contributed by atoms with Crippen molar-refractivity contribution in [2.75, 3.05) is 13.3 Å². The van der Waals surface area contributed by atoms with E-state index < -0.39 is 5.79 Å². The number of fused-ring (bicyclic) bond motifs is 1. The van der Waals surface area contributed by atoms with Gasteiger partial charge in [-0.15, -0.1) is 11.8 Å². The Hall–Kier alpha value is -2.16. The zero-order valence-electron chi connectivity index (χ0n) is 22.2. The number of hydrogen-bond acceptors (Lipinski definition) is 6. The molecule has 1 aromatic heterocycles. The summed E-state index contributed by atoms with van der Waals surface area (Å²) in [6.07, 6.45) is 8.88. The number of pyridine rings is 1. The lowest BCUT2D eigenvalue weighted by Crippen LogP contribution is -2.47. The number of aromatic amines is 1. The van der Waals surface area contributed by atoms with Crippen molar-refractivity contribution in [1.82, 2.24) is 15.2 Å². The highest BCUT2D eigenvalue weighted by molar-refractivity contribution is 7.98. The molecule has 37 heavy (non-hydrogen) atoms. The summed E-state index contributed by atoms with van der Waals surface area (Å²) in [5.41, 5.74) is 2.23. The molecule has 2 fully saturated rings. The number of hydrogen-bond donors (Lipinski definition) is 2. The number of rotatable bonds is 7. The minimum Gasteiger partial charge on any atom is -0.448 e. The number of ether oxygens (including phenoxy) is 2. The van der Waals surface area contributed by atoms with Crippen molar-refractivity contribution in [1.29, 1.82) is 0 Å². The number of carbonyl (C=O) groups is 1. The van der Waals surface area contributed by atoms with Crippen LogP contribution in [0, 0.1) is 19.8 Å². The van der Waals surface area contributed by atoms with E-state index in [-0.39, 0.29) is 23.9 Å². The van der Waals surface area contributed by atoms with Gasteiger partial charge in [0.25, 0.3) is 17.3 Å². The summed E-state index contributed by atoms with van der Waals surface area (Å²) in [5.74, 6) is 0.174. The Kier molecular flexibility index (Phi) is 7.29. The van der Waals surface area contributed by atoms with Gasteiger partial charge in [-0.1, -0.05) is 11.6 Å². The van der Waals surface area contributed by atoms with E-state index in [0.717, 1.165) is 42.3 Å². The standard InChI is InChI=1S/C28H36ClN3O4S/c1-15-12-23(37-5)21(27(34)31-15)14-30-26(33)20-13-22(29)25-24(16(20)2)35-28(3,36-25)17-6-8-18(9-7-17)32(4)19-10-11-19/h12-13,17-19H,6-11,14H2,1-5H3,(H,30,33)(H,31,34). The van der Waals surface area contributed by atoms with Gasteiger partial charge >= 0.3 is 0 Å². The van der Waals surface area contributed by atoms with E-state index >= 15 is 0 Å². The molecular formula is C28H36ClN3O4S. The van der Waals surface area contributed by atoms with Gasteiger partial charge in [-0.3, -0.25) is 9.59 Å². The quantitative estimate of drug-likeness (QED) is 0.451. The molecule has 2 aliphatic carbocycles. The molecule has 2 N–H and O–H groups in total. The van der Waals surface area contributed by atoms with E-state index in [1.165, 1.54) is 24.6 Å². The second-order valence-corrected chi connectivity index (χ2v) is 12.1. The molecule has 9 heteroatoms. The lowest BCUT2D eigenvalue weighted by Gasteiger charge is -2.40. The van der Waals surface area contributed by atoms with Crippen LogP contribution in [-0.2, 0) is 6.54 Å². The van der Waals surface area contributed by atoms with Gasteiger partial charge in [-0.25, -0.2) is 0 Å². The fraction of sp³-hybridized carbons (Fsp3) is 0.571. The van der Waals surface area contributed by atoms with Crippen LogP contribution in [0.1, 0.15) is 72.6 Å². The smallest absolute Gasteiger partial charge is 0.254 e. The molecule has 0 radical (unpaired) electrons. The zero-order valence-corrected chi connectivity index (χ0v) is 23.8. The molecule has 0 spiro atoms. The van der Waals surface area contributed by atoms with Crippen molar-refractivity contribution >= 4 is 29.3 Å². The Morgan fingerprint density at radius 3 is 2.38 bits per heavy atom. The number of benzene rings is 1. The fourth-order valence-electron chi connectivity index (χ4n) is 5.84. The van der Waals surface area contributed by atoms with E-state index in [2.05, 4.69) is 22.2 Å². The maximum Gasteiger partial charge on any atom is 0.254 e. The van der Waals surface area contributed by atoms with Crippen LogP contribution >= 0.6 is 23.4 Å². The number of nitrogens with zero attached hydrogens (tertiary/aromatic N) is 1. The first-order chi connectivity index (χ1) is 17.6. The van der Waals surface area contributed by atoms with Crippen LogP contribution in [0.25, 0.3) is 0 Å². The molecule has 1 amide bonds. The SMILES string of the molecule is CSc1cc(C)[nH]c(=O)c1CNC(=O)c1cc(Cl)c2c(c1C)OC(C)(C1CCC(N(C)C3CC3)CC1)O2. The van der Waals surface area contributed by atoms with Gasteiger partial charge in [0.2, 0.25) is 0 Å². The van der Waals surface area contributed by atoms with Crippen molar-refractivity contribution in [2.24, 2.45) is 5.92 Å². The molecule has 2 saturated carbocycles. The molecule has 1 aromatic carbocycles. The number of aryl methyl sites for hydroxylation is 1. The number of nitrogens with one attached hydrogen (secondary N) is 2. The summed E-state index contributed by atoms with van der Waals surface area (Å²) in [5, 5.41) is 3.25. The summed E-state index contributed by atoms with van der Waals surface area (Å²) in [7, 11) is 2.26. The van der Waals surface area contributed by atoms with Crippen LogP contribution in [0.2, 0.25) is 5.02 Å². The van der Waals surface area contributed by atoms with Gasteiger partial charge in [-0.05, 0) is 77.8 Å². The van der Waals surface area contributed by atoms with E-state index in [1.807, 2.05) is 33.1 Å². The largest absolute Gasteiger partial charge is 0.448 e. The van der Waals surface area contributed by atoms with Gasteiger partial charge < -0.3 is 24.7 Å². The molecule has 1 atom stereocenters. The summed E-state index contributed by atoms with van der Waals surface area (Å²) in [6, 6.07) is 4.94. The number of amides is 1. The molecule has 2 aromatic rings. The van der Waals surface area contributed by atoms with Crippen molar-refractivity contribution in [3.05, 3.63) is 49.9 Å². The van der Waals surface area contributed by atoms with E-state index in [1.54, 1.807) is 6.07 Å². The van der Waals surface area contributed by atoms with Gasteiger partial charge in [-0.2, -0.15) is 0 Å². The third-order valence-electron chi connectivity index (χ3n) is 8.31. The molecule has 5 rings (SSSR count). The van der Waals surface area contributed by atoms with Crippen LogP contribution in [0.5, 0.6) is 11.5 Å². The second-order valence-electron chi connectivity index (χ2n) is 10.8. The molecule has 1 unspecified atom stereocenters. The average Bonchev–Trinajstić information content (AvgIpc) is 3.66. The van der Waals surface area contributed by atoms with Crippen molar-refractivity contribution in [2.45, 2.75) is 88.6 Å². The van der Waals surface area contributed by atoms with Gasteiger partial charge in [0.1, 0.15) is 0 Å². The molecule has 0 bridgehead atoms. The third-order valence-corrected chi connectivity index (χ3v) is 9.39. The van der Waals surface area contributed by atoms with E-state index in [4.69, 9.17) is 21.1 Å². The van der Waals surface area contributed by atoms with Crippen LogP contribution < -0.4 is 20.3 Å².